The van der Waals surface area contributed by atoms with Crippen molar-refractivity contribution in [1.29, 1.82) is 0 Å². The van der Waals surface area contributed by atoms with Crippen LogP contribution in [0, 0.1) is 0 Å². The van der Waals surface area contributed by atoms with Gasteiger partial charge in [-0.2, -0.15) is 0 Å². The van der Waals surface area contributed by atoms with Crippen LogP contribution in [0.1, 0.15) is 24.8 Å². The van der Waals surface area contributed by atoms with Gasteiger partial charge in [0.1, 0.15) is 0 Å². The summed E-state index contributed by atoms with van der Waals surface area (Å²) >= 11 is 0. The van der Waals surface area contributed by atoms with Crippen molar-refractivity contribution in [3.8, 4) is 0 Å². The maximum Gasteiger partial charge on any atom is 0.329 e. The first kappa shape index (κ1) is 11.9. The molecule has 0 unspecified atom stereocenters. The van der Waals surface area contributed by atoms with Crippen LogP contribution < -0.4 is 10.7 Å². The number of carbonyl (C=O) groups is 1. The fraction of sp³-hybridized carbons (Fsp3) is 0.462. The van der Waals surface area contributed by atoms with Gasteiger partial charge in [0.25, 0.3) is 0 Å². The zero-order valence-electron chi connectivity index (χ0n) is 9.98. The molecule has 0 radical (unpaired) electrons. The van der Waals surface area contributed by atoms with Crippen molar-refractivity contribution in [2.45, 2.75) is 25.8 Å². The molecule has 4 heteroatoms. The van der Waals surface area contributed by atoms with Crippen LogP contribution in [0.3, 0.4) is 0 Å². The van der Waals surface area contributed by atoms with Crippen LogP contribution in [0.4, 0.5) is 4.79 Å². The fourth-order valence-electron chi connectivity index (χ4n) is 1.97. The van der Waals surface area contributed by atoms with E-state index in [1.807, 2.05) is 35.3 Å². The van der Waals surface area contributed by atoms with E-state index in [-0.39, 0.29) is 6.03 Å². The van der Waals surface area contributed by atoms with Crippen molar-refractivity contribution in [3.63, 3.8) is 0 Å². The molecule has 2 N–H and O–H groups in total. The average Bonchev–Trinajstić information content (AvgIpc) is 2.39. The maximum absolute atomic E-state index is 11.6. The quantitative estimate of drug-likeness (QED) is 0.837. The van der Waals surface area contributed by atoms with E-state index in [9.17, 15) is 4.79 Å². The van der Waals surface area contributed by atoms with E-state index in [1.54, 1.807) is 0 Å². The molecule has 0 saturated carbocycles. The summed E-state index contributed by atoms with van der Waals surface area (Å²) in [5, 5.41) is 4.84. The number of hydrogen-bond donors (Lipinski definition) is 2. The molecule has 1 fully saturated rings. The van der Waals surface area contributed by atoms with E-state index in [0.717, 1.165) is 18.7 Å². The van der Waals surface area contributed by atoms with Gasteiger partial charge in [-0.3, -0.25) is 5.43 Å². The second kappa shape index (κ2) is 6.25. The van der Waals surface area contributed by atoms with Gasteiger partial charge in [-0.15, -0.1) is 0 Å². The smallest absolute Gasteiger partial charge is 0.329 e. The summed E-state index contributed by atoms with van der Waals surface area (Å²) in [6.07, 6.45) is 3.60. The van der Waals surface area contributed by atoms with Crippen LogP contribution in [0.2, 0.25) is 0 Å². The van der Waals surface area contributed by atoms with Crippen LogP contribution >= 0.6 is 0 Å². The molecular weight excluding hydrogens is 214 g/mol. The molecule has 0 atom stereocenters. The van der Waals surface area contributed by atoms with Crippen LogP contribution in [-0.2, 0) is 6.54 Å². The Balaban J connectivity index is 1.70. The molecule has 4 nitrogen and oxygen atoms in total. The van der Waals surface area contributed by atoms with E-state index < -0.39 is 0 Å². The van der Waals surface area contributed by atoms with Crippen molar-refractivity contribution in [2.24, 2.45) is 0 Å². The SMILES string of the molecule is O=C(NCc1ccccc1)NN1CCCCC1. The summed E-state index contributed by atoms with van der Waals surface area (Å²) in [7, 11) is 0. The molecule has 2 rings (SSSR count). The van der Waals surface area contributed by atoms with Crippen molar-refractivity contribution >= 4 is 6.03 Å². The first-order valence-electron chi connectivity index (χ1n) is 6.18. The maximum atomic E-state index is 11.6. The van der Waals surface area contributed by atoms with Crippen LogP contribution in [0.5, 0.6) is 0 Å². The van der Waals surface area contributed by atoms with Gasteiger partial charge in [-0.1, -0.05) is 36.8 Å². The minimum Gasteiger partial charge on any atom is -0.333 e. The Morgan fingerprint density at radius 3 is 2.53 bits per heavy atom. The first-order chi connectivity index (χ1) is 8.34. The second-order valence-electron chi connectivity index (χ2n) is 4.33. The van der Waals surface area contributed by atoms with Gasteiger partial charge in [0, 0.05) is 19.6 Å². The Hall–Kier alpha value is -1.55. The summed E-state index contributed by atoms with van der Waals surface area (Å²) in [6.45, 7) is 2.48. The molecule has 2 amide bonds. The Morgan fingerprint density at radius 1 is 1.12 bits per heavy atom. The van der Waals surface area contributed by atoms with Crippen molar-refractivity contribution in [2.75, 3.05) is 13.1 Å². The lowest BCUT2D eigenvalue weighted by Gasteiger charge is -2.26. The highest BCUT2D eigenvalue weighted by Crippen LogP contribution is 2.05. The van der Waals surface area contributed by atoms with Crippen LogP contribution in [0.25, 0.3) is 0 Å². The number of nitrogens with one attached hydrogen (secondary N) is 2. The zero-order valence-corrected chi connectivity index (χ0v) is 9.98. The standard InChI is InChI=1S/C13H19N3O/c17-13(15-16-9-5-2-6-10-16)14-11-12-7-3-1-4-8-12/h1,3-4,7-8H,2,5-6,9-11H2,(H2,14,15,17). The largest absolute Gasteiger partial charge is 0.333 e. The predicted octanol–water partition coefficient (Wildman–Crippen LogP) is 1.89. The second-order valence-corrected chi connectivity index (χ2v) is 4.33. The topological polar surface area (TPSA) is 44.4 Å². The highest BCUT2D eigenvalue weighted by Gasteiger charge is 2.11. The van der Waals surface area contributed by atoms with Gasteiger partial charge in [0.05, 0.1) is 0 Å². The summed E-state index contributed by atoms with van der Waals surface area (Å²) in [5.74, 6) is 0. The molecule has 1 heterocycles. The number of hydrogen-bond acceptors (Lipinski definition) is 2. The number of benzene rings is 1. The monoisotopic (exact) mass is 233 g/mol. The molecule has 1 aliphatic heterocycles. The zero-order chi connectivity index (χ0) is 11.9. The van der Waals surface area contributed by atoms with Gasteiger partial charge in [-0.05, 0) is 18.4 Å². The lowest BCUT2D eigenvalue weighted by Crippen LogP contribution is -2.49. The fourth-order valence-corrected chi connectivity index (χ4v) is 1.97. The van der Waals surface area contributed by atoms with E-state index in [4.69, 9.17) is 0 Å². The number of hydrazine groups is 1. The minimum absolute atomic E-state index is 0.115. The molecule has 0 bridgehead atoms. The third-order valence-electron chi connectivity index (χ3n) is 2.91. The van der Waals surface area contributed by atoms with Gasteiger partial charge >= 0.3 is 6.03 Å². The van der Waals surface area contributed by atoms with Crippen molar-refractivity contribution in [3.05, 3.63) is 35.9 Å². The van der Waals surface area contributed by atoms with Gasteiger partial charge in [0.2, 0.25) is 0 Å². The van der Waals surface area contributed by atoms with Crippen LogP contribution in [0.15, 0.2) is 30.3 Å². The number of rotatable bonds is 3. The Labute approximate surface area is 102 Å². The molecule has 0 aliphatic carbocycles. The Kier molecular flexibility index (Phi) is 4.38. The van der Waals surface area contributed by atoms with Crippen LogP contribution in [-0.4, -0.2) is 24.1 Å². The Morgan fingerprint density at radius 2 is 1.82 bits per heavy atom. The lowest BCUT2D eigenvalue weighted by molar-refractivity contribution is 0.154. The summed E-state index contributed by atoms with van der Waals surface area (Å²) in [6, 6.07) is 9.80. The molecule has 1 aromatic rings. The lowest BCUT2D eigenvalue weighted by atomic mass is 10.2. The third kappa shape index (κ3) is 4.07. The van der Waals surface area contributed by atoms with E-state index in [1.165, 1.54) is 19.3 Å². The van der Waals surface area contributed by atoms with Crippen molar-refractivity contribution < 1.29 is 4.79 Å². The number of amides is 2. The first-order valence-corrected chi connectivity index (χ1v) is 6.18. The molecule has 1 saturated heterocycles. The summed E-state index contributed by atoms with van der Waals surface area (Å²) in [5.41, 5.74) is 3.98. The van der Waals surface area contributed by atoms with Gasteiger partial charge in [0.15, 0.2) is 0 Å². The van der Waals surface area contributed by atoms with Gasteiger partial charge < -0.3 is 5.32 Å². The number of piperidine rings is 1. The normalized spacial score (nSPS) is 16.5. The molecule has 17 heavy (non-hydrogen) atoms. The molecule has 92 valence electrons. The molecule has 1 aliphatic rings. The van der Waals surface area contributed by atoms with Gasteiger partial charge in [-0.25, -0.2) is 9.80 Å². The van der Waals surface area contributed by atoms with E-state index in [0.29, 0.717) is 6.54 Å². The number of carbonyl (C=O) groups excluding carboxylic acids is 1. The molecule has 0 spiro atoms. The average molecular weight is 233 g/mol. The number of nitrogens with zero attached hydrogens (tertiary/aromatic N) is 1. The van der Waals surface area contributed by atoms with E-state index in [2.05, 4.69) is 10.7 Å². The Bertz CT molecular complexity index is 347. The number of urea groups is 1. The van der Waals surface area contributed by atoms with E-state index >= 15 is 0 Å². The third-order valence-corrected chi connectivity index (χ3v) is 2.91. The summed E-state index contributed by atoms with van der Waals surface area (Å²) in [4.78, 5) is 11.6. The highest BCUT2D eigenvalue weighted by atomic mass is 16.2. The molecular formula is C13H19N3O. The molecule has 0 aromatic heterocycles. The predicted molar refractivity (Wildman–Crippen MR) is 67.2 cm³/mol. The minimum atomic E-state index is -0.115. The molecule has 1 aromatic carbocycles. The van der Waals surface area contributed by atoms with Crippen molar-refractivity contribution in [1.82, 2.24) is 15.8 Å². The highest BCUT2D eigenvalue weighted by molar-refractivity contribution is 5.73. The summed E-state index contributed by atoms with van der Waals surface area (Å²) < 4.78 is 0.